The summed E-state index contributed by atoms with van der Waals surface area (Å²) >= 11 is 0. The molecule has 0 bridgehead atoms. The smallest absolute Gasteiger partial charge is 0.229 e. The number of carbonyl (C=O) groups excluding carboxylic acids is 1. The number of benzene rings is 2. The zero-order valence-corrected chi connectivity index (χ0v) is 17.1. The Balaban J connectivity index is 1.57. The third-order valence-electron chi connectivity index (χ3n) is 5.85. The molecule has 0 unspecified atom stereocenters. The minimum atomic E-state index is -0.202. The molecule has 154 valence electrons. The second kappa shape index (κ2) is 8.23. The number of nitrogens with zero attached hydrogens (tertiary/aromatic N) is 1. The van der Waals surface area contributed by atoms with Crippen molar-refractivity contribution < 1.29 is 23.7 Å². The van der Waals surface area contributed by atoms with Gasteiger partial charge in [0.05, 0.1) is 33.3 Å². The van der Waals surface area contributed by atoms with Crippen LogP contribution in [-0.2, 0) is 11.2 Å². The Kier molecular flexibility index (Phi) is 5.51. The molecule has 29 heavy (non-hydrogen) atoms. The Labute approximate surface area is 171 Å². The second-order valence-corrected chi connectivity index (χ2v) is 7.48. The van der Waals surface area contributed by atoms with Gasteiger partial charge < -0.3 is 23.8 Å². The highest BCUT2D eigenvalue weighted by atomic mass is 16.5. The van der Waals surface area contributed by atoms with Crippen molar-refractivity contribution in [2.45, 2.75) is 25.3 Å². The lowest BCUT2D eigenvalue weighted by atomic mass is 9.94. The summed E-state index contributed by atoms with van der Waals surface area (Å²) < 4.78 is 22.2. The zero-order chi connectivity index (χ0) is 20.4. The molecule has 2 aliphatic heterocycles. The van der Waals surface area contributed by atoms with E-state index in [1.165, 1.54) is 0 Å². The number of amides is 1. The van der Waals surface area contributed by atoms with Crippen molar-refractivity contribution in [3.63, 3.8) is 0 Å². The normalized spacial score (nSPS) is 20.6. The lowest BCUT2D eigenvalue weighted by Gasteiger charge is -2.32. The number of hydrogen-bond donors (Lipinski definition) is 0. The summed E-state index contributed by atoms with van der Waals surface area (Å²) in [5.74, 6) is 3.09. The first kappa shape index (κ1) is 19.4. The van der Waals surface area contributed by atoms with Crippen LogP contribution in [0, 0.1) is 5.92 Å². The van der Waals surface area contributed by atoms with Gasteiger partial charge in [0.1, 0.15) is 29.6 Å². The summed E-state index contributed by atoms with van der Waals surface area (Å²) in [7, 11) is 4.95. The van der Waals surface area contributed by atoms with Crippen molar-refractivity contribution in [3.05, 3.63) is 47.5 Å². The molecule has 0 spiro atoms. The molecule has 0 N–H and O–H groups in total. The molecule has 0 aromatic heterocycles. The number of methoxy groups -OCH3 is 3. The van der Waals surface area contributed by atoms with Crippen LogP contribution in [0.5, 0.6) is 23.0 Å². The molecule has 4 rings (SSSR count). The first-order valence-corrected chi connectivity index (χ1v) is 9.96. The predicted molar refractivity (Wildman–Crippen MR) is 109 cm³/mol. The van der Waals surface area contributed by atoms with E-state index in [2.05, 4.69) is 0 Å². The van der Waals surface area contributed by atoms with E-state index in [-0.39, 0.29) is 17.9 Å². The third kappa shape index (κ3) is 3.71. The van der Waals surface area contributed by atoms with E-state index in [1.807, 2.05) is 41.3 Å². The van der Waals surface area contributed by atoms with Gasteiger partial charge in [-0.25, -0.2) is 0 Å². The summed E-state index contributed by atoms with van der Waals surface area (Å²) in [4.78, 5) is 15.4. The van der Waals surface area contributed by atoms with Crippen molar-refractivity contribution in [1.82, 2.24) is 4.90 Å². The second-order valence-electron chi connectivity index (χ2n) is 7.48. The van der Waals surface area contributed by atoms with E-state index < -0.39 is 0 Å². The van der Waals surface area contributed by atoms with Gasteiger partial charge in [0.25, 0.3) is 0 Å². The zero-order valence-electron chi connectivity index (χ0n) is 17.1. The Morgan fingerprint density at radius 3 is 2.55 bits per heavy atom. The van der Waals surface area contributed by atoms with Crippen molar-refractivity contribution in [1.29, 1.82) is 0 Å². The van der Waals surface area contributed by atoms with Gasteiger partial charge in [0.15, 0.2) is 0 Å². The Morgan fingerprint density at radius 1 is 1.03 bits per heavy atom. The third-order valence-corrected chi connectivity index (χ3v) is 5.85. The molecule has 2 heterocycles. The molecule has 0 radical (unpaired) electrons. The maximum atomic E-state index is 13.4. The highest BCUT2D eigenvalue weighted by molar-refractivity contribution is 5.81. The van der Waals surface area contributed by atoms with Crippen LogP contribution in [-0.4, -0.2) is 45.3 Å². The number of ether oxygens (including phenoxy) is 4. The molecule has 0 aliphatic carbocycles. The van der Waals surface area contributed by atoms with Crippen LogP contribution < -0.4 is 18.9 Å². The highest BCUT2D eigenvalue weighted by Gasteiger charge is 2.37. The van der Waals surface area contributed by atoms with Crippen LogP contribution >= 0.6 is 0 Å². The fourth-order valence-electron chi connectivity index (χ4n) is 4.34. The monoisotopic (exact) mass is 397 g/mol. The fourth-order valence-corrected chi connectivity index (χ4v) is 4.34. The van der Waals surface area contributed by atoms with E-state index in [4.69, 9.17) is 18.9 Å². The van der Waals surface area contributed by atoms with E-state index in [0.717, 1.165) is 53.5 Å². The fraction of sp³-hybridized carbons (Fsp3) is 0.435. The van der Waals surface area contributed by atoms with E-state index in [9.17, 15) is 4.79 Å². The van der Waals surface area contributed by atoms with Crippen molar-refractivity contribution in [3.8, 4) is 23.0 Å². The molecule has 6 nitrogen and oxygen atoms in total. The van der Waals surface area contributed by atoms with Gasteiger partial charge in [-0.3, -0.25) is 4.79 Å². The largest absolute Gasteiger partial charge is 0.497 e. The molecule has 2 atom stereocenters. The molecule has 1 saturated heterocycles. The maximum Gasteiger partial charge on any atom is 0.229 e. The van der Waals surface area contributed by atoms with Gasteiger partial charge in [-0.15, -0.1) is 0 Å². The van der Waals surface area contributed by atoms with E-state index >= 15 is 0 Å². The lowest BCUT2D eigenvalue weighted by Crippen LogP contribution is -2.40. The van der Waals surface area contributed by atoms with Crippen LogP contribution in [0.1, 0.15) is 30.0 Å². The number of rotatable bonds is 5. The van der Waals surface area contributed by atoms with Gasteiger partial charge in [0, 0.05) is 12.1 Å². The summed E-state index contributed by atoms with van der Waals surface area (Å²) in [5, 5.41) is 0. The minimum Gasteiger partial charge on any atom is -0.497 e. The predicted octanol–water partition coefficient (Wildman–Crippen LogP) is 3.63. The number of carbonyl (C=O) groups is 1. The maximum absolute atomic E-state index is 13.4. The molecule has 1 fully saturated rings. The summed E-state index contributed by atoms with van der Waals surface area (Å²) in [6.45, 7) is 1.14. The minimum absolute atomic E-state index is 0.0146. The van der Waals surface area contributed by atoms with E-state index in [0.29, 0.717) is 13.0 Å². The standard InChI is InChI=1S/C23H27NO5/c1-26-17-6-8-21-15(12-17)11-16(14-29-21)23(25)24-10-4-5-20(24)19-13-18(27-2)7-9-22(19)28-3/h6-9,12-13,16,20H,4-5,10-11,14H2,1-3H3/t16-,20-/m0/s1. The van der Waals surface area contributed by atoms with Crippen LogP contribution in [0.25, 0.3) is 0 Å². The number of hydrogen-bond acceptors (Lipinski definition) is 5. The van der Waals surface area contributed by atoms with Gasteiger partial charge in [0.2, 0.25) is 5.91 Å². The molecule has 2 aromatic rings. The Bertz CT molecular complexity index is 897. The average molecular weight is 397 g/mol. The number of fused-ring (bicyclic) bond motifs is 1. The van der Waals surface area contributed by atoms with Gasteiger partial charge in [-0.1, -0.05) is 0 Å². The molecule has 2 aromatic carbocycles. The average Bonchev–Trinajstić information content (AvgIpc) is 3.27. The molecule has 1 amide bonds. The van der Waals surface area contributed by atoms with Crippen molar-refractivity contribution in [2.75, 3.05) is 34.5 Å². The summed E-state index contributed by atoms with van der Waals surface area (Å²) in [6.07, 6.45) is 2.53. The molecular weight excluding hydrogens is 370 g/mol. The first-order chi connectivity index (χ1) is 14.1. The Morgan fingerprint density at radius 2 is 1.79 bits per heavy atom. The first-order valence-electron chi connectivity index (χ1n) is 9.96. The number of likely N-dealkylation sites (tertiary alicyclic amines) is 1. The molecule has 6 heteroatoms. The quantitative estimate of drug-likeness (QED) is 0.771. The molecular formula is C23H27NO5. The Hall–Kier alpha value is -2.89. The van der Waals surface area contributed by atoms with Gasteiger partial charge in [-0.05, 0) is 61.2 Å². The topological polar surface area (TPSA) is 57.2 Å². The van der Waals surface area contributed by atoms with E-state index in [1.54, 1.807) is 21.3 Å². The van der Waals surface area contributed by atoms with Crippen LogP contribution in [0.2, 0.25) is 0 Å². The van der Waals surface area contributed by atoms with Gasteiger partial charge in [-0.2, -0.15) is 0 Å². The highest BCUT2D eigenvalue weighted by Crippen LogP contribution is 2.40. The summed E-state index contributed by atoms with van der Waals surface area (Å²) in [6, 6.07) is 11.5. The van der Waals surface area contributed by atoms with Crippen molar-refractivity contribution in [2.24, 2.45) is 5.92 Å². The molecule has 2 aliphatic rings. The summed E-state index contributed by atoms with van der Waals surface area (Å²) in [5.41, 5.74) is 2.01. The van der Waals surface area contributed by atoms with Crippen LogP contribution in [0.3, 0.4) is 0 Å². The SMILES string of the molecule is COc1ccc2c(c1)C[C@H](C(=O)N1CCC[C@H]1c1cc(OC)ccc1OC)CO2. The van der Waals surface area contributed by atoms with Crippen molar-refractivity contribution >= 4 is 5.91 Å². The van der Waals surface area contributed by atoms with Crippen LogP contribution in [0.4, 0.5) is 0 Å². The lowest BCUT2D eigenvalue weighted by molar-refractivity contribution is -0.137. The van der Waals surface area contributed by atoms with Gasteiger partial charge >= 0.3 is 0 Å². The van der Waals surface area contributed by atoms with Crippen LogP contribution in [0.15, 0.2) is 36.4 Å². The molecule has 0 saturated carbocycles.